The van der Waals surface area contributed by atoms with Crippen molar-refractivity contribution in [2.45, 2.75) is 25.7 Å². The normalized spacial score (nSPS) is 11.4. The average Bonchev–Trinajstić information content (AvgIpc) is 2.44. The van der Waals surface area contributed by atoms with E-state index in [2.05, 4.69) is 5.32 Å². The zero-order chi connectivity index (χ0) is 18.2. The highest BCUT2D eigenvalue weighted by molar-refractivity contribution is 7.85. The fourth-order valence-corrected chi connectivity index (χ4v) is 3.06. The summed E-state index contributed by atoms with van der Waals surface area (Å²) in [4.78, 5) is 10.3. The van der Waals surface area contributed by atoms with Crippen LogP contribution in [-0.4, -0.2) is 17.9 Å². The van der Waals surface area contributed by atoms with Crippen molar-refractivity contribution >= 4 is 27.2 Å². The maximum absolute atomic E-state index is 13.8. The second-order valence-electron chi connectivity index (χ2n) is 5.41. The molecule has 0 radical (unpaired) electrons. The van der Waals surface area contributed by atoms with Gasteiger partial charge in [0.25, 0.3) is 15.8 Å². The highest BCUT2D eigenvalue weighted by Gasteiger charge is 2.19. The second-order valence-corrected chi connectivity index (χ2v) is 6.80. The van der Waals surface area contributed by atoms with Crippen molar-refractivity contribution in [2.75, 3.05) is 5.32 Å². The van der Waals surface area contributed by atoms with Gasteiger partial charge in [-0.25, -0.2) is 4.39 Å². The van der Waals surface area contributed by atoms with Crippen molar-refractivity contribution in [3.8, 4) is 0 Å². The lowest BCUT2D eigenvalue weighted by molar-refractivity contribution is -0.384. The van der Waals surface area contributed by atoms with Gasteiger partial charge in [-0.05, 0) is 49.6 Å². The first-order chi connectivity index (χ1) is 11.0. The summed E-state index contributed by atoms with van der Waals surface area (Å²) >= 11 is 0. The van der Waals surface area contributed by atoms with E-state index in [1.54, 1.807) is 6.92 Å². The Kier molecular flexibility index (Phi) is 4.59. The third-order valence-electron chi connectivity index (χ3n) is 3.54. The number of nitrogens with zero attached hydrogens (tertiary/aromatic N) is 1. The molecular formula is C15H15FN2O5S. The van der Waals surface area contributed by atoms with E-state index in [0.29, 0.717) is 11.3 Å². The first kappa shape index (κ1) is 17.8. The van der Waals surface area contributed by atoms with Gasteiger partial charge in [0, 0.05) is 17.8 Å². The van der Waals surface area contributed by atoms with Crippen LogP contribution in [0.1, 0.15) is 16.7 Å². The van der Waals surface area contributed by atoms with Gasteiger partial charge in [-0.3, -0.25) is 14.7 Å². The Morgan fingerprint density at radius 2 is 1.67 bits per heavy atom. The number of nitro groups is 1. The van der Waals surface area contributed by atoms with Crippen LogP contribution >= 0.6 is 0 Å². The highest BCUT2D eigenvalue weighted by atomic mass is 32.2. The molecule has 2 aromatic carbocycles. The molecule has 7 nitrogen and oxygen atoms in total. The molecule has 128 valence electrons. The van der Waals surface area contributed by atoms with E-state index in [9.17, 15) is 27.5 Å². The minimum Gasteiger partial charge on any atom is -0.350 e. The number of benzene rings is 2. The van der Waals surface area contributed by atoms with Crippen LogP contribution < -0.4 is 5.32 Å². The summed E-state index contributed by atoms with van der Waals surface area (Å²) in [5.74, 6) is -0.605. The van der Waals surface area contributed by atoms with Crippen LogP contribution in [0.15, 0.2) is 29.2 Å². The van der Waals surface area contributed by atoms with Crippen molar-refractivity contribution in [1.29, 1.82) is 0 Å². The van der Waals surface area contributed by atoms with Gasteiger partial charge >= 0.3 is 0 Å². The fraction of sp³-hybridized carbons (Fsp3) is 0.200. The Balaban J connectivity index is 2.55. The molecule has 2 aromatic rings. The molecule has 0 spiro atoms. The third-order valence-corrected chi connectivity index (χ3v) is 4.54. The molecule has 0 aliphatic carbocycles. The molecule has 0 heterocycles. The number of aryl methyl sites for hydroxylation is 3. The molecule has 0 bridgehead atoms. The summed E-state index contributed by atoms with van der Waals surface area (Å²) in [5, 5.41) is 13.9. The van der Waals surface area contributed by atoms with Crippen LogP contribution in [0.5, 0.6) is 0 Å². The van der Waals surface area contributed by atoms with Gasteiger partial charge < -0.3 is 5.32 Å². The first-order valence-electron chi connectivity index (χ1n) is 6.81. The fourth-order valence-electron chi connectivity index (χ4n) is 2.26. The number of halogens is 1. The van der Waals surface area contributed by atoms with Crippen LogP contribution in [0.25, 0.3) is 0 Å². The lowest BCUT2D eigenvalue weighted by Gasteiger charge is -2.13. The minimum absolute atomic E-state index is 0.0507. The molecule has 0 unspecified atom stereocenters. The minimum atomic E-state index is -4.38. The Morgan fingerprint density at radius 1 is 1.04 bits per heavy atom. The average molecular weight is 354 g/mol. The van der Waals surface area contributed by atoms with E-state index in [4.69, 9.17) is 0 Å². The molecule has 0 aromatic heterocycles. The molecule has 24 heavy (non-hydrogen) atoms. The molecule has 9 heteroatoms. The molecule has 2 rings (SSSR count). The summed E-state index contributed by atoms with van der Waals surface area (Å²) in [5.41, 5.74) is 0.826. The molecule has 0 saturated carbocycles. The monoisotopic (exact) mass is 354 g/mol. The molecule has 2 N–H and O–H groups in total. The predicted octanol–water partition coefficient (Wildman–Crippen LogP) is 3.65. The maximum Gasteiger partial charge on any atom is 0.294 e. The summed E-state index contributed by atoms with van der Waals surface area (Å²) in [6.07, 6.45) is 0. The van der Waals surface area contributed by atoms with E-state index in [1.807, 2.05) is 0 Å². The topological polar surface area (TPSA) is 110 Å². The molecule has 0 aliphatic heterocycles. The van der Waals surface area contributed by atoms with Crippen molar-refractivity contribution < 1.29 is 22.3 Å². The van der Waals surface area contributed by atoms with Crippen LogP contribution in [0, 0.1) is 36.7 Å². The largest absolute Gasteiger partial charge is 0.350 e. The highest BCUT2D eigenvalue weighted by Crippen LogP contribution is 2.33. The van der Waals surface area contributed by atoms with E-state index < -0.39 is 20.9 Å². The summed E-state index contributed by atoms with van der Waals surface area (Å²) in [6, 6.07) is 4.79. The number of nitro benzene ring substituents is 1. The molecular weight excluding hydrogens is 339 g/mol. The zero-order valence-corrected chi connectivity index (χ0v) is 13.9. The van der Waals surface area contributed by atoms with Gasteiger partial charge in [-0.1, -0.05) is 0 Å². The standard InChI is InChI=1S/C15H15FN2O5S/c1-8-5-14(18(19)20)13(7-11(8)16)17-12-4-10(3)15(6-9(12)2)24(21,22)23/h4-7,17H,1-3H3,(H,21,22,23). The number of nitrogens with one attached hydrogen (secondary N) is 1. The van der Waals surface area contributed by atoms with Gasteiger partial charge in [0.15, 0.2) is 0 Å². The predicted molar refractivity (Wildman–Crippen MR) is 86.8 cm³/mol. The summed E-state index contributed by atoms with van der Waals surface area (Å²) in [6.45, 7) is 4.45. The van der Waals surface area contributed by atoms with Gasteiger partial charge in [0.1, 0.15) is 11.5 Å². The number of hydrogen-bond acceptors (Lipinski definition) is 5. The van der Waals surface area contributed by atoms with Gasteiger partial charge in [-0.15, -0.1) is 0 Å². The number of anilines is 2. The molecule has 0 fully saturated rings. The Morgan fingerprint density at radius 3 is 2.21 bits per heavy atom. The molecule has 0 saturated heterocycles. The van der Waals surface area contributed by atoms with E-state index in [1.165, 1.54) is 26.0 Å². The number of rotatable bonds is 4. The van der Waals surface area contributed by atoms with E-state index in [-0.39, 0.29) is 27.4 Å². The van der Waals surface area contributed by atoms with Gasteiger partial charge in [0.05, 0.1) is 9.82 Å². The first-order valence-corrected chi connectivity index (χ1v) is 8.25. The van der Waals surface area contributed by atoms with Gasteiger partial charge in [0.2, 0.25) is 0 Å². The van der Waals surface area contributed by atoms with Crippen molar-refractivity contribution in [3.05, 3.63) is 56.9 Å². The summed E-state index contributed by atoms with van der Waals surface area (Å²) in [7, 11) is -4.38. The van der Waals surface area contributed by atoms with Crippen LogP contribution in [0.4, 0.5) is 21.5 Å². The second kappa shape index (κ2) is 6.17. The Hall–Kier alpha value is -2.52. The molecule has 0 aliphatic rings. The third kappa shape index (κ3) is 3.52. The van der Waals surface area contributed by atoms with E-state index >= 15 is 0 Å². The van der Waals surface area contributed by atoms with Crippen molar-refractivity contribution in [2.24, 2.45) is 0 Å². The van der Waals surface area contributed by atoms with Crippen LogP contribution in [-0.2, 0) is 10.1 Å². The van der Waals surface area contributed by atoms with Crippen LogP contribution in [0.2, 0.25) is 0 Å². The molecule has 0 amide bonds. The zero-order valence-electron chi connectivity index (χ0n) is 13.1. The van der Waals surface area contributed by atoms with Crippen molar-refractivity contribution in [3.63, 3.8) is 0 Å². The SMILES string of the molecule is Cc1cc([N+](=O)[O-])c(Nc2cc(C)c(S(=O)(=O)O)cc2C)cc1F. The molecule has 0 atom stereocenters. The van der Waals surface area contributed by atoms with Gasteiger partial charge in [-0.2, -0.15) is 8.42 Å². The Labute approximate surface area is 138 Å². The summed E-state index contributed by atoms with van der Waals surface area (Å²) < 4.78 is 45.5. The van der Waals surface area contributed by atoms with Crippen molar-refractivity contribution in [1.82, 2.24) is 0 Å². The number of hydrogen-bond donors (Lipinski definition) is 2. The van der Waals surface area contributed by atoms with Crippen LogP contribution in [0.3, 0.4) is 0 Å². The smallest absolute Gasteiger partial charge is 0.294 e. The lowest BCUT2D eigenvalue weighted by Crippen LogP contribution is -2.05. The quantitative estimate of drug-likeness (QED) is 0.493. The maximum atomic E-state index is 13.8. The Bertz CT molecular complexity index is 941. The lowest BCUT2D eigenvalue weighted by atomic mass is 10.1. The van der Waals surface area contributed by atoms with E-state index in [0.717, 1.165) is 12.1 Å².